The third-order valence-corrected chi connectivity index (χ3v) is 5.78. The molecular weight excluding hydrogens is 376 g/mol. The van der Waals surface area contributed by atoms with E-state index in [0.717, 1.165) is 21.6 Å². The van der Waals surface area contributed by atoms with Crippen LogP contribution in [0.1, 0.15) is 36.0 Å². The maximum atomic E-state index is 13.4. The molecular formula is C21H24N2O4S. The molecule has 6 nitrogen and oxygen atoms in total. The summed E-state index contributed by atoms with van der Waals surface area (Å²) in [5.41, 5.74) is 2.70. The highest BCUT2D eigenvalue weighted by Gasteiger charge is 2.21. The van der Waals surface area contributed by atoms with Gasteiger partial charge in [0.2, 0.25) is 0 Å². The molecule has 3 rings (SSSR count). The molecule has 0 aliphatic carbocycles. The maximum Gasteiger partial charge on any atom is 0.303 e. The average Bonchev–Trinajstić information content (AvgIpc) is 2.99. The summed E-state index contributed by atoms with van der Waals surface area (Å²) in [6.45, 7) is 6.29. The normalized spacial score (nSPS) is 11.1. The Labute approximate surface area is 167 Å². The van der Waals surface area contributed by atoms with Crippen molar-refractivity contribution in [1.29, 1.82) is 0 Å². The lowest BCUT2D eigenvalue weighted by molar-refractivity contribution is -0.137. The predicted octanol–water partition coefficient (Wildman–Crippen LogP) is 4.18. The van der Waals surface area contributed by atoms with Gasteiger partial charge in [0.15, 0.2) is 0 Å². The van der Waals surface area contributed by atoms with Crippen LogP contribution in [0.4, 0.5) is 0 Å². The number of carbonyl (C=O) groups is 1. The summed E-state index contributed by atoms with van der Waals surface area (Å²) in [7, 11) is 1.62. The van der Waals surface area contributed by atoms with Gasteiger partial charge in [0.25, 0.3) is 5.56 Å². The van der Waals surface area contributed by atoms with Gasteiger partial charge in [0.05, 0.1) is 12.5 Å². The van der Waals surface area contributed by atoms with Crippen LogP contribution in [-0.2, 0) is 17.8 Å². The summed E-state index contributed by atoms with van der Waals surface area (Å²) in [6, 6.07) is 5.91. The summed E-state index contributed by atoms with van der Waals surface area (Å²) >= 11 is 1.51. The van der Waals surface area contributed by atoms with E-state index >= 15 is 0 Å². The summed E-state index contributed by atoms with van der Waals surface area (Å²) in [4.78, 5) is 30.7. The fraction of sp³-hybridized carbons (Fsp3) is 0.381. The predicted molar refractivity (Wildman–Crippen MR) is 112 cm³/mol. The number of thiophene rings is 1. The van der Waals surface area contributed by atoms with Crippen LogP contribution in [-0.4, -0.2) is 27.7 Å². The number of nitrogens with zero attached hydrogens (tertiary/aromatic N) is 2. The zero-order valence-electron chi connectivity index (χ0n) is 16.5. The molecule has 0 aliphatic rings. The number of ether oxygens (including phenoxy) is 1. The van der Waals surface area contributed by atoms with Gasteiger partial charge < -0.3 is 9.84 Å². The number of carboxylic acids is 1. The first-order chi connectivity index (χ1) is 13.4. The Bertz CT molecular complexity index is 1100. The number of aromatic nitrogens is 2. The van der Waals surface area contributed by atoms with Crippen molar-refractivity contribution in [2.75, 3.05) is 7.11 Å². The summed E-state index contributed by atoms with van der Waals surface area (Å²) in [5.74, 6) is 0.536. The molecule has 0 unspecified atom stereocenters. The second-order valence-corrected chi connectivity index (χ2v) is 7.96. The van der Waals surface area contributed by atoms with E-state index in [1.807, 2.05) is 39.0 Å². The van der Waals surface area contributed by atoms with Crippen molar-refractivity contribution in [3.63, 3.8) is 0 Å². The van der Waals surface area contributed by atoms with Gasteiger partial charge in [-0.3, -0.25) is 14.2 Å². The van der Waals surface area contributed by atoms with Crippen molar-refractivity contribution < 1.29 is 14.6 Å². The van der Waals surface area contributed by atoms with Crippen LogP contribution >= 0.6 is 11.3 Å². The van der Waals surface area contributed by atoms with Gasteiger partial charge in [-0.25, -0.2) is 4.98 Å². The Morgan fingerprint density at radius 3 is 2.71 bits per heavy atom. The highest BCUT2D eigenvalue weighted by molar-refractivity contribution is 7.19. The van der Waals surface area contributed by atoms with Crippen molar-refractivity contribution in [2.45, 2.75) is 46.6 Å². The molecule has 0 fully saturated rings. The molecule has 2 aromatic heterocycles. The third-order valence-electron chi connectivity index (χ3n) is 4.78. The van der Waals surface area contributed by atoms with Crippen LogP contribution in [0.2, 0.25) is 0 Å². The molecule has 0 bridgehead atoms. The van der Waals surface area contributed by atoms with E-state index in [9.17, 15) is 9.59 Å². The molecule has 0 spiro atoms. The first-order valence-electron chi connectivity index (χ1n) is 9.27. The van der Waals surface area contributed by atoms with Crippen molar-refractivity contribution in [2.24, 2.45) is 0 Å². The monoisotopic (exact) mass is 400 g/mol. The van der Waals surface area contributed by atoms with Crippen LogP contribution in [0, 0.1) is 13.8 Å². The van der Waals surface area contributed by atoms with Gasteiger partial charge in [-0.15, -0.1) is 11.3 Å². The molecule has 0 amide bonds. The van der Waals surface area contributed by atoms with E-state index in [1.165, 1.54) is 11.3 Å². The number of hydrogen-bond donors (Lipinski definition) is 1. The van der Waals surface area contributed by atoms with E-state index < -0.39 is 5.97 Å². The number of aliphatic carboxylic acids is 1. The molecule has 28 heavy (non-hydrogen) atoms. The van der Waals surface area contributed by atoms with Crippen molar-refractivity contribution in [1.82, 2.24) is 9.55 Å². The molecule has 2 heterocycles. The van der Waals surface area contributed by atoms with Crippen LogP contribution in [0.5, 0.6) is 5.75 Å². The quantitative estimate of drug-likeness (QED) is 0.643. The number of fused-ring (bicyclic) bond motifs is 1. The number of carboxylic acid groups (broad SMARTS) is 1. The fourth-order valence-corrected chi connectivity index (χ4v) is 4.51. The SMILES string of the molecule is CCc1nc2sc(C)c(-c3cc(C)ccc3OC)c2c(=O)n1CCCC(=O)O. The summed E-state index contributed by atoms with van der Waals surface area (Å²) in [6.07, 6.45) is 1.02. The number of rotatable bonds is 7. The van der Waals surface area contributed by atoms with Crippen LogP contribution in [0.3, 0.4) is 0 Å². The van der Waals surface area contributed by atoms with E-state index in [2.05, 4.69) is 0 Å². The largest absolute Gasteiger partial charge is 0.496 e. The summed E-state index contributed by atoms with van der Waals surface area (Å²) < 4.78 is 7.17. The van der Waals surface area contributed by atoms with Crippen molar-refractivity contribution >= 4 is 27.5 Å². The molecule has 148 valence electrons. The first kappa shape index (κ1) is 20.1. The molecule has 1 N–H and O–H groups in total. The number of methoxy groups -OCH3 is 1. The van der Waals surface area contributed by atoms with E-state index in [-0.39, 0.29) is 12.0 Å². The fourth-order valence-electron chi connectivity index (χ4n) is 3.47. The number of hydrogen-bond acceptors (Lipinski definition) is 5. The smallest absolute Gasteiger partial charge is 0.303 e. The van der Waals surface area contributed by atoms with Gasteiger partial charge in [0, 0.05) is 35.4 Å². The zero-order chi connectivity index (χ0) is 20.4. The minimum absolute atomic E-state index is 0.0227. The lowest BCUT2D eigenvalue weighted by Crippen LogP contribution is -2.25. The standard InChI is InChI=1S/C21H24N2O4S/c1-5-16-22-20-19(21(26)23(16)10-6-7-17(24)25)18(13(3)28-20)14-11-12(2)8-9-15(14)27-4/h8-9,11H,5-7,10H2,1-4H3,(H,24,25). The van der Waals surface area contributed by atoms with Gasteiger partial charge in [-0.1, -0.05) is 18.6 Å². The van der Waals surface area contributed by atoms with E-state index in [1.54, 1.807) is 11.7 Å². The third kappa shape index (κ3) is 3.67. The molecule has 1 aromatic carbocycles. The van der Waals surface area contributed by atoms with Crippen LogP contribution < -0.4 is 10.3 Å². The van der Waals surface area contributed by atoms with Crippen molar-refractivity contribution in [3.05, 3.63) is 44.8 Å². The van der Waals surface area contributed by atoms with Crippen molar-refractivity contribution in [3.8, 4) is 16.9 Å². The Balaban J connectivity index is 2.26. The van der Waals surface area contributed by atoms with E-state index in [4.69, 9.17) is 14.8 Å². The lowest BCUT2D eigenvalue weighted by atomic mass is 10.0. The lowest BCUT2D eigenvalue weighted by Gasteiger charge is -2.13. The van der Waals surface area contributed by atoms with Crippen LogP contribution in [0.25, 0.3) is 21.3 Å². The molecule has 0 atom stereocenters. The highest BCUT2D eigenvalue weighted by Crippen LogP contribution is 2.40. The Morgan fingerprint density at radius 2 is 2.07 bits per heavy atom. The van der Waals surface area contributed by atoms with Gasteiger partial charge in [-0.05, 0) is 32.4 Å². The second kappa shape index (κ2) is 8.14. The second-order valence-electron chi connectivity index (χ2n) is 6.75. The topological polar surface area (TPSA) is 81.4 Å². The van der Waals surface area contributed by atoms with E-state index in [0.29, 0.717) is 41.2 Å². The van der Waals surface area contributed by atoms with Gasteiger partial charge >= 0.3 is 5.97 Å². The molecule has 0 saturated heterocycles. The summed E-state index contributed by atoms with van der Waals surface area (Å²) in [5, 5.41) is 9.51. The van der Waals surface area contributed by atoms with Crippen LogP contribution in [0.15, 0.2) is 23.0 Å². The minimum atomic E-state index is -0.864. The average molecular weight is 401 g/mol. The Kier molecular flexibility index (Phi) is 5.84. The first-order valence-corrected chi connectivity index (χ1v) is 10.1. The minimum Gasteiger partial charge on any atom is -0.496 e. The highest BCUT2D eigenvalue weighted by atomic mass is 32.1. The molecule has 0 saturated carbocycles. The molecule has 0 aliphatic heterocycles. The van der Waals surface area contributed by atoms with Gasteiger partial charge in [0.1, 0.15) is 16.4 Å². The van der Waals surface area contributed by atoms with Gasteiger partial charge in [-0.2, -0.15) is 0 Å². The molecule has 3 aromatic rings. The number of aryl methyl sites for hydroxylation is 3. The molecule has 7 heteroatoms. The Hall–Kier alpha value is -2.67. The zero-order valence-corrected chi connectivity index (χ0v) is 17.4. The maximum absolute atomic E-state index is 13.4. The Morgan fingerprint density at radius 1 is 1.32 bits per heavy atom. The molecule has 0 radical (unpaired) electrons. The number of benzene rings is 1.